The largest absolute Gasteiger partial charge is 0.478 e. The highest BCUT2D eigenvalue weighted by molar-refractivity contribution is 9.10. The number of benzene rings is 1. The minimum absolute atomic E-state index is 0.129. The van der Waals surface area contributed by atoms with E-state index < -0.39 is 17.8 Å². The van der Waals surface area contributed by atoms with E-state index in [-0.39, 0.29) is 30.5 Å². The van der Waals surface area contributed by atoms with Gasteiger partial charge in [0, 0.05) is 48.6 Å². The van der Waals surface area contributed by atoms with Crippen LogP contribution in [0.1, 0.15) is 36.4 Å². The van der Waals surface area contributed by atoms with Crippen molar-refractivity contribution >= 4 is 45.0 Å². The van der Waals surface area contributed by atoms with Crippen LogP contribution in [0.2, 0.25) is 0 Å². The molecule has 9 nitrogen and oxygen atoms in total. The van der Waals surface area contributed by atoms with Gasteiger partial charge in [-0.3, -0.25) is 9.69 Å². The van der Waals surface area contributed by atoms with Gasteiger partial charge in [0.2, 0.25) is 5.91 Å². The summed E-state index contributed by atoms with van der Waals surface area (Å²) in [5, 5.41) is 12.9. The van der Waals surface area contributed by atoms with Crippen molar-refractivity contribution in [3.05, 3.63) is 61.9 Å². The number of amides is 1. The Morgan fingerprint density at radius 3 is 2.83 bits per heavy atom. The van der Waals surface area contributed by atoms with E-state index in [4.69, 9.17) is 15.5 Å². The molecule has 0 radical (unpaired) electrons. The summed E-state index contributed by atoms with van der Waals surface area (Å²) in [5.74, 6) is -1.32. The predicted octanol–water partition coefficient (Wildman–Crippen LogP) is 3.17. The number of carboxylic acid groups (broad SMARTS) is 1. The zero-order valence-corrected chi connectivity index (χ0v) is 22.1. The first-order chi connectivity index (χ1) is 17.3. The van der Waals surface area contributed by atoms with Crippen molar-refractivity contribution in [1.29, 1.82) is 0 Å². The van der Waals surface area contributed by atoms with Crippen LogP contribution >= 0.6 is 27.3 Å². The van der Waals surface area contributed by atoms with E-state index in [1.165, 1.54) is 23.5 Å². The second-order valence-corrected chi connectivity index (χ2v) is 10.3. The summed E-state index contributed by atoms with van der Waals surface area (Å²) in [4.78, 5) is 37.2. The third-order valence-electron chi connectivity index (χ3n) is 6.17. The first-order valence-corrected chi connectivity index (χ1v) is 13.2. The van der Waals surface area contributed by atoms with Crippen molar-refractivity contribution in [3.63, 3.8) is 0 Å². The highest BCUT2D eigenvalue weighted by atomic mass is 79.9. The predicted molar refractivity (Wildman–Crippen MR) is 137 cm³/mol. The van der Waals surface area contributed by atoms with Gasteiger partial charge in [-0.1, -0.05) is 22.0 Å². The molecule has 1 fully saturated rings. The standard InChI is InChI=1S/C24H27BrFN5O4S/c1-2-31-21(16-5-3-14(26)11-17(16)25)20(24(33)34)18(29-22(31)23-28-7-10-36-23)13-30-8-9-35-15(12-30)4-6-19(27)32/h3,5,7,10-11,15,21H,2,4,6,8-9,12-13H2,1H3,(H2,27,32)(H,33,34). The van der Waals surface area contributed by atoms with E-state index in [0.717, 1.165) is 0 Å². The number of likely N-dealkylation sites (N-methyl/N-ethyl adjacent to an activating group) is 1. The number of rotatable bonds is 9. The van der Waals surface area contributed by atoms with Crippen LogP contribution in [0.25, 0.3) is 0 Å². The molecule has 192 valence electrons. The minimum atomic E-state index is -1.09. The Morgan fingerprint density at radius 2 is 2.19 bits per heavy atom. The maximum atomic E-state index is 13.9. The fourth-order valence-corrected chi connectivity index (χ4v) is 5.75. The minimum Gasteiger partial charge on any atom is -0.478 e. The SMILES string of the molecule is CCN1C(c2nccs2)=NC(CN2CCOC(CCC(N)=O)C2)=C(C(=O)O)C1c1ccc(F)cc1Br. The first kappa shape index (κ1) is 26.4. The highest BCUT2D eigenvalue weighted by Gasteiger charge is 2.39. The lowest BCUT2D eigenvalue weighted by Gasteiger charge is -2.39. The Hall–Kier alpha value is -2.67. The molecule has 3 N–H and O–H groups in total. The number of halogens is 2. The number of hydrogen-bond acceptors (Lipinski definition) is 8. The second-order valence-electron chi connectivity index (χ2n) is 8.53. The Morgan fingerprint density at radius 1 is 1.39 bits per heavy atom. The van der Waals surface area contributed by atoms with Gasteiger partial charge < -0.3 is 20.5 Å². The summed E-state index contributed by atoms with van der Waals surface area (Å²) in [5.41, 5.74) is 6.45. The smallest absolute Gasteiger partial charge is 0.335 e. The Balaban J connectivity index is 1.77. The number of thiazole rings is 1. The highest BCUT2D eigenvalue weighted by Crippen LogP contribution is 2.40. The number of aromatic nitrogens is 1. The molecule has 3 heterocycles. The molecule has 0 spiro atoms. The van der Waals surface area contributed by atoms with Crippen LogP contribution in [0, 0.1) is 5.82 Å². The van der Waals surface area contributed by atoms with Crippen molar-refractivity contribution < 1.29 is 23.8 Å². The van der Waals surface area contributed by atoms with Crippen LogP contribution in [0.5, 0.6) is 0 Å². The number of morpholine rings is 1. The fraction of sp³-hybridized carbons (Fsp3) is 0.417. The van der Waals surface area contributed by atoms with Gasteiger partial charge in [-0.2, -0.15) is 0 Å². The molecule has 0 aliphatic carbocycles. The van der Waals surface area contributed by atoms with Crippen LogP contribution in [0.3, 0.4) is 0 Å². The number of nitrogens with zero attached hydrogens (tertiary/aromatic N) is 4. The normalized spacial score (nSPS) is 21.0. The van der Waals surface area contributed by atoms with Crippen LogP contribution in [0.15, 0.2) is 50.5 Å². The number of nitrogens with two attached hydrogens (primary N) is 1. The number of carboxylic acids is 1. The van der Waals surface area contributed by atoms with Crippen molar-refractivity contribution in [1.82, 2.24) is 14.8 Å². The van der Waals surface area contributed by atoms with Gasteiger partial charge in [-0.25, -0.2) is 19.2 Å². The van der Waals surface area contributed by atoms with Gasteiger partial charge in [0.1, 0.15) is 5.82 Å². The van der Waals surface area contributed by atoms with Crippen LogP contribution in [-0.4, -0.2) is 76.5 Å². The lowest BCUT2D eigenvalue weighted by atomic mass is 9.93. The number of carbonyl (C=O) groups excluding carboxylic acids is 1. The monoisotopic (exact) mass is 579 g/mol. The molecule has 2 atom stereocenters. The summed E-state index contributed by atoms with van der Waals surface area (Å²) in [7, 11) is 0. The number of carbonyl (C=O) groups is 2. The molecule has 2 aliphatic heterocycles. The molecule has 1 saturated heterocycles. The third kappa shape index (κ3) is 5.83. The van der Waals surface area contributed by atoms with Gasteiger partial charge in [-0.15, -0.1) is 11.3 Å². The molecule has 0 bridgehead atoms. The van der Waals surface area contributed by atoms with E-state index in [1.54, 1.807) is 12.3 Å². The zero-order valence-electron chi connectivity index (χ0n) is 19.7. The van der Waals surface area contributed by atoms with Crippen molar-refractivity contribution in [2.45, 2.75) is 31.9 Å². The summed E-state index contributed by atoms with van der Waals surface area (Å²) in [6.45, 7) is 4.23. The van der Waals surface area contributed by atoms with Crippen LogP contribution in [-0.2, 0) is 14.3 Å². The lowest BCUT2D eigenvalue weighted by molar-refractivity contribution is -0.133. The summed E-state index contributed by atoms with van der Waals surface area (Å²) >= 11 is 4.86. The molecule has 1 aromatic carbocycles. The molecule has 2 aliphatic rings. The van der Waals surface area contributed by atoms with E-state index in [9.17, 15) is 19.1 Å². The number of amidine groups is 1. The second kappa shape index (κ2) is 11.6. The quantitative estimate of drug-likeness (QED) is 0.468. The van der Waals surface area contributed by atoms with Crippen molar-refractivity contribution in [2.75, 3.05) is 32.8 Å². The molecule has 1 aromatic heterocycles. The molecule has 12 heteroatoms. The first-order valence-electron chi connectivity index (χ1n) is 11.6. The van der Waals surface area contributed by atoms with Gasteiger partial charge in [0.25, 0.3) is 0 Å². The topological polar surface area (TPSA) is 121 Å². The third-order valence-corrected chi connectivity index (χ3v) is 7.63. The van der Waals surface area contributed by atoms with Crippen molar-refractivity contribution in [3.8, 4) is 0 Å². The Bertz CT molecular complexity index is 1190. The van der Waals surface area contributed by atoms with Gasteiger partial charge in [0.15, 0.2) is 10.8 Å². The van der Waals surface area contributed by atoms with Crippen LogP contribution < -0.4 is 5.73 Å². The molecular weight excluding hydrogens is 553 g/mol. The molecular formula is C24H27BrFN5O4S. The van der Waals surface area contributed by atoms with Gasteiger partial charge in [0.05, 0.1) is 30.0 Å². The molecule has 36 heavy (non-hydrogen) atoms. The Kier molecular flexibility index (Phi) is 8.50. The number of hydrogen-bond donors (Lipinski definition) is 2. The number of aliphatic carboxylic acids is 1. The van der Waals surface area contributed by atoms with Gasteiger partial charge >= 0.3 is 5.97 Å². The average molecular weight is 580 g/mol. The fourth-order valence-electron chi connectivity index (χ4n) is 4.55. The van der Waals surface area contributed by atoms with Crippen molar-refractivity contribution in [2.24, 2.45) is 10.7 Å². The molecule has 2 unspecified atom stereocenters. The zero-order chi connectivity index (χ0) is 25.8. The molecule has 2 aromatic rings. The number of ether oxygens (including phenoxy) is 1. The Labute approximate surface area is 220 Å². The lowest BCUT2D eigenvalue weighted by Crippen LogP contribution is -2.46. The average Bonchev–Trinajstić information content (AvgIpc) is 3.37. The number of aliphatic imine (C=N–C) groups is 1. The molecule has 4 rings (SSSR count). The maximum absolute atomic E-state index is 13.9. The summed E-state index contributed by atoms with van der Waals surface area (Å²) < 4.78 is 20.2. The van der Waals surface area contributed by atoms with E-state index in [1.807, 2.05) is 17.2 Å². The summed E-state index contributed by atoms with van der Waals surface area (Å²) in [6, 6.07) is 3.56. The number of primary amides is 1. The molecule has 1 amide bonds. The molecule has 0 saturated carbocycles. The van der Waals surface area contributed by atoms with E-state index in [0.29, 0.717) is 59.2 Å². The van der Waals surface area contributed by atoms with Gasteiger partial charge in [-0.05, 0) is 31.0 Å². The summed E-state index contributed by atoms with van der Waals surface area (Å²) in [6.07, 6.45) is 2.22. The van der Waals surface area contributed by atoms with Crippen LogP contribution in [0.4, 0.5) is 4.39 Å². The maximum Gasteiger partial charge on any atom is 0.335 e. The van der Waals surface area contributed by atoms with E-state index in [2.05, 4.69) is 25.8 Å². The van der Waals surface area contributed by atoms with E-state index >= 15 is 0 Å².